The number of fused-ring (bicyclic) bond motifs is 1. The van der Waals surface area contributed by atoms with Crippen LogP contribution >= 0.6 is 42.1 Å². The number of ether oxygens (including phenoxy) is 1. The van der Waals surface area contributed by atoms with Gasteiger partial charge in [-0.2, -0.15) is 4.72 Å². The summed E-state index contributed by atoms with van der Waals surface area (Å²) in [5, 5.41) is 0.723. The quantitative estimate of drug-likeness (QED) is 0.469. The van der Waals surface area contributed by atoms with E-state index in [4.69, 9.17) is 37.7 Å². The van der Waals surface area contributed by atoms with Crippen LogP contribution in [0.5, 0.6) is 5.75 Å². The third kappa shape index (κ3) is 4.80. The third-order valence-corrected chi connectivity index (χ3v) is 6.94. The molecule has 0 saturated carbocycles. The number of benzene rings is 1. The first-order valence-electron chi connectivity index (χ1n) is 6.09. The molecule has 0 radical (unpaired) electrons. The fraction of sp³-hybridized carbons (Fsp3) is 0.273. The lowest BCUT2D eigenvalue weighted by Gasteiger charge is -2.06. The van der Waals surface area contributed by atoms with Crippen LogP contribution in [0.4, 0.5) is 0 Å². The van der Waals surface area contributed by atoms with Gasteiger partial charge >= 0.3 is 7.60 Å². The topological polar surface area (TPSA) is 113 Å². The van der Waals surface area contributed by atoms with Gasteiger partial charge in [-0.15, -0.1) is 22.9 Å². The van der Waals surface area contributed by atoms with Gasteiger partial charge in [0, 0.05) is 10.1 Å². The van der Waals surface area contributed by atoms with Gasteiger partial charge in [0.25, 0.3) is 10.0 Å². The van der Waals surface area contributed by atoms with Gasteiger partial charge in [0.15, 0.2) is 0 Å². The summed E-state index contributed by atoms with van der Waals surface area (Å²) in [5.41, 5.74) is 0. The molecule has 1 aromatic carbocycles. The molecule has 12 heteroatoms. The SMILES string of the molecule is O=P(O)(O)CNS(=O)(=O)c1cc2c(Cl)c(OCCCl)ccc2s1. The van der Waals surface area contributed by atoms with Crippen molar-refractivity contribution in [1.29, 1.82) is 0 Å². The second-order valence-corrected chi connectivity index (χ2v) is 9.84. The molecule has 0 aliphatic heterocycles. The minimum Gasteiger partial charge on any atom is -0.491 e. The minimum atomic E-state index is -4.49. The molecule has 0 atom stereocenters. The third-order valence-electron chi connectivity index (χ3n) is 2.64. The van der Waals surface area contributed by atoms with E-state index in [0.717, 1.165) is 11.3 Å². The van der Waals surface area contributed by atoms with Gasteiger partial charge in [0.2, 0.25) is 0 Å². The zero-order valence-corrected chi connectivity index (χ0v) is 15.4. The number of rotatable bonds is 7. The van der Waals surface area contributed by atoms with Crippen molar-refractivity contribution >= 4 is 62.2 Å². The average molecular weight is 420 g/mol. The van der Waals surface area contributed by atoms with Crippen molar-refractivity contribution in [2.24, 2.45) is 0 Å². The van der Waals surface area contributed by atoms with Crippen molar-refractivity contribution in [2.45, 2.75) is 4.21 Å². The van der Waals surface area contributed by atoms with E-state index >= 15 is 0 Å². The van der Waals surface area contributed by atoms with Gasteiger partial charge in [-0.05, 0) is 18.2 Å². The maximum atomic E-state index is 12.1. The summed E-state index contributed by atoms with van der Waals surface area (Å²) in [5.74, 6) is 0.661. The summed E-state index contributed by atoms with van der Waals surface area (Å²) in [6.07, 6.45) is -0.971. The maximum Gasteiger partial charge on any atom is 0.340 e. The van der Waals surface area contributed by atoms with Gasteiger partial charge in [-0.3, -0.25) is 4.57 Å². The van der Waals surface area contributed by atoms with Crippen LogP contribution in [0.2, 0.25) is 5.02 Å². The van der Waals surface area contributed by atoms with Crippen LogP contribution in [0.1, 0.15) is 0 Å². The van der Waals surface area contributed by atoms with Gasteiger partial charge in [0.05, 0.1) is 10.9 Å². The molecule has 0 amide bonds. The van der Waals surface area contributed by atoms with E-state index in [0.29, 0.717) is 15.8 Å². The summed E-state index contributed by atoms with van der Waals surface area (Å²) in [6, 6.07) is 4.59. The summed E-state index contributed by atoms with van der Waals surface area (Å²) in [7, 11) is -8.54. The smallest absolute Gasteiger partial charge is 0.340 e. The van der Waals surface area contributed by atoms with E-state index in [2.05, 4.69) is 0 Å². The van der Waals surface area contributed by atoms with E-state index < -0.39 is 23.9 Å². The Balaban J connectivity index is 2.36. The molecule has 1 aromatic heterocycles. The first-order chi connectivity index (χ1) is 10.6. The Bertz CT molecular complexity index is 863. The fourth-order valence-electron chi connectivity index (χ4n) is 1.67. The molecule has 0 unspecified atom stereocenters. The summed E-state index contributed by atoms with van der Waals surface area (Å²) in [4.78, 5) is 17.5. The molecule has 0 bridgehead atoms. The first kappa shape index (κ1) is 19.0. The molecular weight excluding hydrogens is 408 g/mol. The van der Waals surface area contributed by atoms with Crippen LogP contribution in [-0.2, 0) is 14.6 Å². The second-order valence-electron chi connectivity index (χ2n) is 4.36. The van der Waals surface area contributed by atoms with Crippen molar-refractivity contribution < 1.29 is 27.5 Å². The fourth-order valence-corrected chi connectivity index (χ4v) is 5.53. The minimum absolute atomic E-state index is 0.0997. The van der Waals surface area contributed by atoms with Crippen molar-refractivity contribution in [3.05, 3.63) is 23.2 Å². The zero-order chi connectivity index (χ0) is 17.3. The molecule has 2 aromatic rings. The normalized spacial score (nSPS) is 12.7. The predicted molar refractivity (Wildman–Crippen MR) is 90.3 cm³/mol. The molecule has 0 aliphatic rings. The molecule has 0 fully saturated rings. The molecular formula is C11H12Cl2NO6PS2. The molecule has 0 spiro atoms. The predicted octanol–water partition coefficient (Wildman–Crippen LogP) is 2.59. The van der Waals surface area contributed by atoms with E-state index in [1.807, 2.05) is 4.72 Å². The molecule has 0 aliphatic carbocycles. The van der Waals surface area contributed by atoms with E-state index in [1.54, 1.807) is 12.1 Å². The Morgan fingerprint density at radius 3 is 2.65 bits per heavy atom. The summed E-state index contributed by atoms with van der Waals surface area (Å²) in [6.45, 7) is 0.256. The Labute approximate surface area is 146 Å². The number of nitrogens with one attached hydrogen (secondary N) is 1. The monoisotopic (exact) mass is 419 g/mol. The number of halogens is 2. The largest absolute Gasteiger partial charge is 0.491 e. The van der Waals surface area contributed by atoms with Crippen molar-refractivity contribution in [1.82, 2.24) is 4.72 Å². The highest BCUT2D eigenvalue weighted by molar-refractivity contribution is 7.92. The summed E-state index contributed by atoms with van der Waals surface area (Å²) < 4.78 is 42.7. The summed E-state index contributed by atoms with van der Waals surface area (Å²) >= 11 is 12.7. The van der Waals surface area contributed by atoms with E-state index in [9.17, 15) is 13.0 Å². The van der Waals surface area contributed by atoms with E-state index in [-0.39, 0.29) is 21.7 Å². The number of hydrogen-bond acceptors (Lipinski definition) is 5. The first-order valence-corrected chi connectivity index (χ1v) is 11.1. The van der Waals surface area contributed by atoms with Crippen molar-refractivity contribution in [2.75, 3.05) is 18.8 Å². The molecule has 2 rings (SSSR count). The Hall–Kier alpha value is -0.380. The number of thiophene rings is 1. The van der Waals surface area contributed by atoms with Crippen molar-refractivity contribution in [3.8, 4) is 5.75 Å². The lowest BCUT2D eigenvalue weighted by Crippen LogP contribution is -2.23. The van der Waals surface area contributed by atoms with Crippen LogP contribution in [0.15, 0.2) is 22.4 Å². The lowest BCUT2D eigenvalue weighted by atomic mass is 10.2. The van der Waals surface area contributed by atoms with Crippen LogP contribution in [0.25, 0.3) is 10.1 Å². The number of hydrogen-bond donors (Lipinski definition) is 3. The highest BCUT2D eigenvalue weighted by atomic mass is 35.5. The average Bonchev–Trinajstić information content (AvgIpc) is 2.90. The number of alkyl halides is 1. The molecule has 128 valence electrons. The van der Waals surface area contributed by atoms with Crippen molar-refractivity contribution in [3.63, 3.8) is 0 Å². The van der Waals surface area contributed by atoms with Gasteiger partial charge in [0.1, 0.15) is 22.9 Å². The van der Waals surface area contributed by atoms with Gasteiger partial charge in [-0.25, -0.2) is 8.42 Å². The highest BCUT2D eigenvalue weighted by Gasteiger charge is 2.23. The lowest BCUT2D eigenvalue weighted by molar-refractivity contribution is 0.343. The second kappa shape index (κ2) is 7.25. The standard InChI is InChI=1S/C11H12Cl2NO6PS2/c12-3-4-20-8-1-2-9-7(11(8)13)5-10(22-9)23(18,19)14-6-21(15,16)17/h1-2,5,14H,3-4,6H2,(H2,15,16,17). The Kier molecular flexibility index (Phi) is 5.97. The zero-order valence-electron chi connectivity index (χ0n) is 11.4. The van der Waals surface area contributed by atoms with Crippen LogP contribution in [-0.4, -0.2) is 37.0 Å². The van der Waals surface area contributed by atoms with Gasteiger partial charge in [-0.1, -0.05) is 11.6 Å². The highest BCUT2D eigenvalue weighted by Crippen LogP contribution is 2.39. The van der Waals surface area contributed by atoms with E-state index in [1.165, 1.54) is 6.07 Å². The Morgan fingerprint density at radius 2 is 2.04 bits per heavy atom. The van der Waals surface area contributed by atoms with Gasteiger partial charge < -0.3 is 14.5 Å². The molecule has 3 N–H and O–H groups in total. The molecule has 23 heavy (non-hydrogen) atoms. The van der Waals surface area contributed by atoms with Crippen LogP contribution in [0, 0.1) is 0 Å². The number of sulfonamides is 1. The molecule has 1 heterocycles. The van der Waals surface area contributed by atoms with Crippen LogP contribution < -0.4 is 9.46 Å². The Morgan fingerprint density at radius 1 is 1.35 bits per heavy atom. The molecule has 7 nitrogen and oxygen atoms in total. The molecule has 0 saturated heterocycles. The van der Waals surface area contributed by atoms with Crippen LogP contribution in [0.3, 0.4) is 0 Å². The maximum absolute atomic E-state index is 12.1.